The number of rotatable bonds is 8. The lowest BCUT2D eigenvalue weighted by molar-refractivity contribution is 0.302. The molecule has 0 aromatic heterocycles. The summed E-state index contributed by atoms with van der Waals surface area (Å²) in [6.07, 6.45) is 3.76. The predicted molar refractivity (Wildman–Crippen MR) is 80.6 cm³/mol. The van der Waals surface area contributed by atoms with Crippen LogP contribution in [0.2, 0.25) is 0 Å². The van der Waals surface area contributed by atoms with E-state index in [4.69, 9.17) is 5.11 Å². The summed E-state index contributed by atoms with van der Waals surface area (Å²) in [6.45, 7) is 7.25. The topological polar surface area (TPSA) is 35.5 Å². The van der Waals surface area contributed by atoms with Gasteiger partial charge in [-0.25, -0.2) is 0 Å². The smallest absolute Gasteiger partial charge is 0.0606 e. The Balaban J connectivity index is 2.02. The van der Waals surface area contributed by atoms with Crippen LogP contribution < -0.4 is 10.2 Å². The minimum Gasteiger partial charge on any atom is -0.395 e. The van der Waals surface area contributed by atoms with Crippen molar-refractivity contribution in [3.63, 3.8) is 0 Å². The lowest BCUT2D eigenvalue weighted by Crippen LogP contribution is -2.27. The fourth-order valence-electron chi connectivity index (χ4n) is 2.38. The first-order valence-electron chi connectivity index (χ1n) is 7.43. The third kappa shape index (κ3) is 4.22. The molecule has 0 radical (unpaired) electrons. The summed E-state index contributed by atoms with van der Waals surface area (Å²) in [6, 6.07) is 7.41. The van der Waals surface area contributed by atoms with Crippen LogP contribution in [0.5, 0.6) is 0 Å². The van der Waals surface area contributed by atoms with Crippen molar-refractivity contribution < 1.29 is 5.11 Å². The molecule has 19 heavy (non-hydrogen) atoms. The third-order valence-corrected chi connectivity index (χ3v) is 3.71. The van der Waals surface area contributed by atoms with E-state index in [-0.39, 0.29) is 6.61 Å². The lowest BCUT2D eigenvalue weighted by atomic mass is 10.1. The van der Waals surface area contributed by atoms with Crippen molar-refractivity contribution in [2.75, 3.05) is 24.6 Å². The molecule has 3 heteroatoms. The number of aliphatic hydroxyl groups excluding tert-OH is 1. The predicted octanol–water partition coefficient (Wildman–Crippen LogP) is 2.46. The fraction of sp³-hybridized carbons (Fsp3) is 0.625. The zero-order valence-electron chi connectivity index (χ0n) is 12.2. The fourth-order valence-corrected chi connectivity index (χ4v) is 2.38. The molecule has 1 aromatic carbocycles. The van der Waals surface area contributed by atoms with Crippen LogP contribution in [0, 0.1) is 6.92 Å². The van der Waals surface area contributed by atoms with Crippen molar-refractivity contribution in [2.45, 2.75) is 45.7 Å². The van der Waals surface area contributed by atoms with Gasteiger partial charge in [0.1, 0.15) is 0 Å². The number of hydrogen-bond donors (Lipinski definition) is 2. The highest BCUT2D eigenvalue weighted by atomic mass is 16.3. The summed E-state index contributed by atoms with van der Waals surface area (Å²) in [5, 5.41) is 12.7. The number of nitrogens with one attached hydrogen (secondary N) is 1. The molecular formula is C16H26N2O. The Labute approximate surface area is 116 Å². The van der Waals surface area contributed by atoms with Gasteiger partial charge < -0.3 is 15.3 Å². The Hall–Kier alpha value is -1.06. The minimum absolute atomic E-state index is 0.212. The second-order valence-corrected chi connectivity index (χ2v) is 5.48. The van der Waals surface area contributed by atoms with Crippen molar-refractivity contribution in [1.29, 1.82) is 0 Å². The van der Waals surface area contributed by atoms with Crippen molar-refractivity contribution >= 4 is 5.69 Å². The Morgan fingerprint density at radius 2 is 2.11 bits per heavy atom. The average Bonchev–Trinajstić information content (AvgIpc) is 3.21. The minimum atomic E-state index is 0.212. The number of nitrogens with zero attached hydrogens (tertiary/aromatic N) is 1. The Morgan fingerprint density at radius 3 is 2.68 bits per heavy atom. The zero-order chi connectivity index (χ0) is 13.7. The molecule has 3 nitrogen and oxygen atoms in total. The number of aliphatic hydroxyl groups is 1. The number of anilines is 1. The van der Waals surface area contributed by atoms with Crippen molar-refractivity contribution in [2.24, 2.45) is 0 Å². The molecule has 0 bridgehead atoms. The van der Waals surface area contributed by atoms with E-state index in [1.807, 2.05) is 0 Å². The lowest BCUT2D eigenvalue weighted by Gasteiger charge is -2.24. The van der Waals surface area contributed by atoms with Gasteiger partial charge in [0.05, 0.1) is 6.61 Å². The van der Waals surface area contributed by atoms with Crippen LogP contribution in [-0.2, 0) is 6.54 Å². The van der Waals surface area contributed by atoms with Crippen molar-refractivity contribution in [3.05, 3.63) is 29.3 Å². The van der Waals surface area contributed by atoms with Crippen LogP contribution in [0.25, 0.3) is 0 Å². The molecule has 1 fully saturated rings. The molecule has 1 aliphatic rings. The first kappa shape index (κ1) is 14.4. The summed E-state index contributed by atoms with van der Waals surface area (Å²) < 4.78 is 0. The molecular weight excluding hydrogens is 236 g/mol. The van der Waals surface area contributed by atoms with Crippen LogP contribution in [0.4, 0.5) is 5.69 Å². The summed E-state index contributed by atoms with van der Waals surface area (Å²) in [4.78, 5) is 2.26. The molecule has 1 aromatic rings. The Bertz CT molecular complexity index is 396. The van der Waals surface area contributed by atoms with Crippen LogP contribution in [0.15, 0.2) is 18.2 Å². The van der Waals surface area contributed by atoms with E-state index in [9.17, 15) is 0 Å². The van der Waals surface area contributed by atoms with E-state index in [1.54, 1.807) is 0 Å². The van der Waals surface area contributed by atoms with Gasteiger partial charge in [0, 0.05) is 31.4 Å². The van der Waals surface area contributed by atoms with E-state index in [0.29, 0.717) is 6.54 Å². The summed E-state index contributed by atoms with van der Waals surface area (Å²) >= 11 is 0. The molecule has 0 amide bonds. The van der Waals surface area contributed by atoms with Crippen molar-refractivity contribution in [1.82, 2.24) is 5.32 Å². The van der Waals surface area contributed by atoms with Crippen LogP contribution in [0.1, 0.15) is 37.3 Å². The maximum absolute atomic E-state index is 9.15. The number of benzene rings is 1. The van der Waals surface area contributed by atoms with Gasteiger partial charge in [-0.2, -0.15) is 0 Å². The molecule has 0 aliphatic heterocycles. The normalized spacial score (nSPS) is 14.7. The molecule has 2 N–H and O–H groups in total. The molecule has 0 heterocycles. The first-order chi connectivity index (χ1) is 9.24. The molecule has 106 valence electrons. The average molecular weight is 262 g/mol. The number of hydrogen-bond acceptors (Lipinski definition) is 3. The Morgan fingerprint density at radius 1 is 1.32 bits per heavy atom. The third-order valence-electron chi connectivity index (χ3n) is 3.71. The highest BCUT2D eigenvalue weighted by molar-refractivity contribution is 5.50. The summed E-state index contributed by atoms with van der Waals surface area (Å²) in [5.74, 6) is 0. The van der Waals surface area contributed by atoms with Gasteiger partial charge >= 0.3 is 0 Å². The second-order valence-electron chi connectivity index (χ2n) is 5.48. The largest absolute Gasteiger partial charge is 0.395 e. The molecule has 0 unspecified atom stereocenters. The monoisotopic (exact) mass is 262 g/mol. The highest BCUT2D eigenvalue weighted by Crippen LogP contribution is 2.22. The van der Waals surface area contributed by atoms with Crippen molar-refractivity contribution in [3.8, 4) is 0 Å². The maximum Gasteiger partial charge on any atom is 0.0606 e. The van der Waals surface area contributed by atoms with Crippen LogP contribution in [-0.4, -0.2) is 30.8 Å². The standard InChI is InChI=1S/C16H26N2O/c1-3-8-18(9-10-19)16-7-4-14(13(2)11-16)12-17-15-5-6-15/h4,7,11,15,17,19H,3,5-6,8-10,12H2,1-2H3. The molecule has 0 spiro atoms. The highest BCUT2D eigenvalue weighted by Gasteiger charge is 2.20. The van der Waals surface area contributed by atoms with Crippen LogP contribution in [0.3, 0.4) is 0 Å². The molecule has 2 rings (SSSR count). The Kier molecular flexibility index (Phi) is 5.23. The molecule has 0 saturated heterocycles. The molecule has 1 aliphatic carbocycles. The van der Waals surface area contributed by atoms with Gasteiger partial charge in [0.15, 0.2) is 0 Å². The van der Waals surface area contributed by atoms with Gasteiger partial charge in [-0.05, 0) is 49.4 Å². The summed E-state index contributed by atoms with van der Waals surface area (Å²) in [5.41, 5.74) is 3.95. The van der Waals surface area contributed by atoms with Crippen LogP contribution >= 0.6 is 0 Å². The van der Waals surface area contributed by atoms with E-state index in [2.05, 4.69) is 42.3 Å². The second kappa shape index (κ2) is 6.92. The number of aryl methyl sites for hydroxylation is 1. The SMILES string of the molecule is CCCN(CCO)c1ccc(CNC2CC2)c(C)c1. The van der Waals surface area contributed by atoms with Gasteiger partial charge in [0.25, 0.3) is 0 Å². The molecule has 1 saturated carbocycles. The van der Waals surface area contributed by atoms with E-state index < -0.39 is 0 Å². The van der Waals surface area contributed by atoms with E-state index in [1.165, 1.54) is 29.7 Å². The van der Waals surface area contributed by atoms with Gasteiger partial charge in [0.2, 0.25) is 0 Å². The maximum atomic E-state index is 9.15. The molecule has 0 atom stereocenters. The summed E-state index contributed by atoms with van der Waals surface area (Å²) in [7, 11) is 0. The zero-order valence-corrected chi connectivity index (χ0v) is 12.2. The van der Waals surface area contributed by atoms with Gasteiger partial charge in [-0.15, -0.1) is 0 Å². The van der Waals surface area contributed by atoms with E-state index >= 15 is 0 Å². The van der Waals surface area contributed by atoms with E-state index in [0.717, 1.165) is 25.6 Å². The van der Waals surface area contributed by atoms with Gasteiger partial charge in [-0.3, -0.25) is 0 Å². The van der Waals surface area contributed by atoms with Gasteiger partial charge in [-0.1, -0.05) is 13.0 Å². The quantitative estimate of drug-likeness (QED) is 0.755. The first-order valence-corrected chi connectivity index (χ1v) is 7.43.